The van der Waals surface area contributed by atoms with Crippen molar-refractivity contribution in [3.05, 3.63) is 54.1 Å². The summed E-state index contributed by atoms with van der Waals surface area (Å²) >= 11 is 0. The van der Waals surface area contributed by atoms with Gasteiger partial charge in [-0.1, -0.05) is 6.07 Å². The number of anilines is 1. The molecule has 0 aromatic heterocycles. The van der Waals surface area contributed by atoms with E-state index in [1.165, 1.54) is 6.07 Å². The quantitative estimate of drug-likeness (QED) is 0.688. The van der Waals surface area contributed by atoms with E-state index in [-0.39, 0.29) is 5.75 Å². The van der Waals surface area contributed by atoms with Gasteiger partial charge in [0.15, 0.2) is 13.2 Å². The predicted molar refractivity (Wildman–Crippen MR) is 94.1 cm³/mol. The average Bonchev–Trinajstić information content (AvgIpc) is 2.66. The van der Waals surface area contributed by atoms with Crippen molar-refractivity contribution >= 4 is 17.6 Å². The molecule has 0 aliphatic heterocycles. The van der Waals surface area contributed by atoms with Crippen molar-refractivity contribution in [3.63, 3.8) is 0 Å². The molecule has 0 unspecified atom stereocenters. The van der Waals surface area contributed by atoms with Crippen molar-refractivity contribution in [3.8, 4) is 11.5 Å². The first-order chi connectivity index (χ1) is 13.3. The Hall–Kier alpha value is -3.23. The normalized spacial score (nSPS) is 10.9. The molecule has 28 heavy (non-hydrogen) atoms. The lowest BCUT2D eigenvalue weighted by atomic mass is 10.2. The number of carbonyl (C=O) groups is 2. The van der Waals surface area contributed by atoms with Crippen LogP contribution in [-0.4, -0.2) is 31.7 Å². The summed E-state index contributed by atoms with van der Waals surface area (Å²) in [5, 5.41) is 2.53. The Morgan fingerprint density at radius 2 is 1.68 bits per heavy atom. The SMILES string of the molecule is CCOc1ccc(NC(=O)COC(=O)COc2cccc(C(F)(F)F)c2)cc1. The molecule has 6 nitrogen and oxygen atoms in total. The molecule has 9 heteroatoms. The summed E-state index contributed by atoms with van der Waals surface area (Å²) in [7, 11) is 0. The molecule has 0 aliphatic rings. The van der Waals surface area contributed by atoms with Gasteiger partial charge in [-0.3, -0.25) is 4.79 Å². The Kier molecular flexibility index (Phi) is 7.25. The summed E-state index contributed by atoms with van der Waals surface area (Å²) in [6, 6.07) is 10.7. The zero-order chi connectivity index (χ0) is 20.6. The first kappa shape index (κ1) is 21.1. The molecule has 0 heterocycles. The highest BCUT2D eigenvalue weighted by Crippen LogP contribution is 2.31. The third kappa shape index (κ3) is 6.82. The third-order valence-corrected chi connectivity index (χ3v) is 3.33. The summed E-state index contributed by atoms with van der Waals surface area (Å²) in [6.45, 7) is 1.18. The van der Waals surface area contributed by atoms with Crippen molar-refractivity contribution in [2.75, 3.05) is 25.1 Å². The molecule has 150 valence electrons. The highest BCUT2D eigenvalue weighted by atomic mass is 19.4. The number of carbonyl (C=O) groups excluding carboxylic acids is 2. The van der Waals surface area contributed by atoms with E-state index in [1.807, 2.05) is 6.92 Å². The molecule has 2 aromatic carbocycles. The molecule has 1 N–H and O–H groups in total. The van der Waals surface area contributed by atoms with Crippen molar-refractivity contribution in [2.24, 2.45) is 0 Å². The van der Waals surface area contributed by atoms with Gasteiger partial charge in [0.25, 0.3) is 5.91 Å². The van der Waals surface area contributed by atoms with E-state index in [9.17, 15) is 22.8 Å². The van der Waals surface area contributed by atoms with Gasteiger partial charge in [-0.05, 0) is 49.4 Å². The highest BCUT2D eigenvalue weighted by Gasteiger charge is 2.30. The molecular formula is C19H18F3NO5. The van der Waals surface area contributed by atoms with E-state index in [0.717, 1.165) is 18.2 Å². The number of ether oxygens (including phenoxy) is 3. The van der Waals surface area contributed by atoms with Crippen LogP contribution in [-0.2, 0) is 20.5 Å². The van der Waals surface area contributed by atoms with Crippen LogP contribution in [0.3, 0.4) is 0 Å². The summed E-state index contributed by atoms with van der Waals surface area (Å²) in [5.41, 5.74) is -0.405. The van der Waals surface area contributed by atoms with Crippen LogP contribution < -0.4 is 14.8 Å². The smallest absolute Gasteiger partial charge is 0.416 e. The van der Waals surface area contributed by atoms with Crippen molar-refractivity contribution < 1.29 is 37.0 Å². The van der Waals surface area contributed by atoms with Crippen LogP contribution in [0, 0.1) is 0 Å². The minimum atomic E-state index is -4.52. The van der Waals surface area contributed by atoms with E-state index >= 15 is 0 Å². The van der Waals surface area contributed by atoms with Crippen molar-refractivity contribution in [2.45, 2.75) is 13.1 Å². The Labute approximate surface area is 159 Å². The number of halogens is 3. The summed E-state index contributed by atoms with van der Waals surface area (Å²) in [6.07, 6.45) is -4.52. The molecule has 0 fully saturated rings. The number of esters is 1. The molecule has 0 bridgehead atoms. The molecule has 2 aromatic rings. The summed E-state index contributed by atoms with van der Waals surface area (Å²) < 4.78 is 52.8. The third-order valence-electron chi connectivity index (χ3n) is 3.33. The topological polar surface area (TPSA) is 73.9 Å². The van der Waals surface area contributed by atoms with E-state index < -0.39 is 36.8 Å². The average molecular weight is 397 g/mol. The maximum atomic E-state index is 12.6. The molecule has 0 aliphatic carbocycles. The van der Waals surface area contributed by atoms with Gasteiger partial charge >= 0.3 is 12.1 Å². The predicted octanol–water partition coefficient (Wildman–Crippen LogP) is 3.66. The van der Waals surface area contributed by atoms with Crippen LogP contribution in [0.4, 0.5) is 18.9 Å². The number of amides is 1. The van der Waals surface area contributed by atoms with Gasteiger partial charge in [0.1, 0.15) is 11.5 Å². The van der Waals surface area contributed by atoms with Gasteiger partial charge in [-0.2, -0.15) is 13.2 Å². The number of hydrogen-bond donors (Lipinski definition) is 1. The minimum absolute atomic E-state index is 0.134. The lowest BCUT2D eigenvalue weighted by molar-refractivity contribution is -0.149. The second-order valence-electron chi connectivity index (χ2n) is 5.48. The van der Waals surface area contributed by atoms with E-state index in [0.29, 0.717) is 18.0 Å². The van der Waals surface area contributed by atoms with Crippen LogP contribution in [0.15, 0.2) is 48.5 Å². The molecule has 0 saturated carbocycles. The molecule has 0 atom stereocenters. The molecule has 2 rings (SSSR count). The first-order valence-electron chi connectivity index (χ1n) is 8.26. The van der Waals surface area contributed by atoms with E-state index in [2.05, 4.69) is 5.32 Å². The lowest BCUT2D eigenvalue weighted by Crippen LogP contribution is -2.23. The maximum absolute atomic E-state index is 12.6. The van der Waals surface area contributed by atoms with Crippen LogP contribution in [0.1, 0.15) is 12.5 Å². The molecular weight excluding hydrogens is 379 g/mol. The van der Waals surface area contributed by atoms with Gasteiger partial charge in [-0.15, -0.1) is 0 Å². The fourth-order valence-corrected chi connectivity index (χ4v) is 2.09. The summed E-state index contributed by atoms with van der Waals surface area (Å²) in [5.74, 6) is -0.944. The van der Waals surface area contributed by atoms with Gasteiger partial charge in [0.2, 0.25) is 0 Å². The first-order valence-corrected chi connectivity index (χ1v) is 8.26. The zero-order valence-electron chi connectivity index (χ0n) is 14.9. The number of benzene rings is 2. The lowest BCUT2D eigenvalue weighted by Gasteiger charge is -2.10. The van der Waals surface area contributed by atoms with E-state index in [4.69, 9.17) is 14.2 Å². The highest BCUT2D eigenvalue weighted by molar-refractivity contribution is 5.92. The van der Waals surface area contributed by atoms with Gasteiger partial charge in [0, 0.05) is 5.69 Å². The second kappa shape index (κ2) is 9.63. The Morgan fingerprint density at radius 3 is 2.32 bits per heavy atom. The van der Waals surface area contributed by atoms with E-state index in [1.54, 1.807) is 24.3 Å². The monoisotopic (exact) mass is 397 g/mol. The second-order valence-corrected chi connectivity index (χ2v) is 5.48. The van der Waals surface area contributed by atoms with Gasteiger partial charge < -0.3 is 19.5 Å². The van der Waals surface area contributed by atoms with Crippen LogP contribution in [0.5, 0.6) is 11.5 Å². The van der Waals surface area contributed by atoms with Crippen LogP contribution >= 0.6 is 0 Å². The van der Waals surface area contributed by atoms with Crippen LogP contribution in [0.2, 0.25) is 0 Å². The summed E-state index contributed by atoms with van der Waals surface area (Å²) in [4.78, 5) is 23.4. The zero-order valence-corrected chi connectivity index (χ0v) is 14.9. The Morgan fingerprint density at radius 1 is 0.964 bits per heavy atom. The minimum Gasteiger partial charge on any atom is -0.494 e. The van der Waals surface area contributed by atoms with Crippen molar-refractivity contribution in [1.29, 1.82) is 0 Å². The fraction of sp³-hybridized carbons (Fsp3) is 0.263. The number of hydrogen-bond acceptors (Lipinski definition) is 5. The standard InChI is InChI=1S/C19H18F3NO5/c1-2-26-15-8-6-14(7-9-15)23-17(24)11-28-18(25)12-27-16-5-3-4-13(10-16)19(20,21)22/h3-10H,2,11-12H2,1H3,(H,23,24). The van der Waals surface area contributed by atoms with Crippen molar-refractivity contribution in [1.82, 2.24) is 0 Å². The molecule has 1 amide bonds. The van der Waals surface area contributed by atoms with Gasteiger partial charge in [-0.25, -0.2) is 4.79 Å². The molecule has 0 spiro atoms. The Balaban J connectivity index is 1.75. The van der Waals surface area contributed by atoms with Gasteiger partial charge in [0.05, 0.1) is 12.2 Å². The van der Waals surface area contributed by atoms with Crippen LogP contribution in [0.25, 0.3) is 0 Å². The molecule has 0 saturated heterocycles. The molecule has 0 radical (unpaired) electrons. The largest absolute Gasteiger partial charge is 0.494 e. The fourth-order valence-electron chi connectivity index (χ4n) is 2.09. The maximum Gasteiger partial charge on any atom is 0.416 e. The number of alkyl halides is 3. The number of nitrogens with one attached hydrogen (secondary N) is 1. The Bertz CT molecular complexity index is 806. The number of rotatable bonds is 8.